The molecule has 0 spiro atoms. The number of hydrogen-bond donors (Lipinski definition) is 1. The number of nitrogens with one attached hydrogen (secondary N) is 1. The molecule has 0 radical (unpaired) electrons. The normalized spacial score (nSPS) is 14.3. The van der Waals surface area contributed by atoms with E-state index in [0.29, 0.717) is 34.4 Å². The van der Waals surface area contributed by atoms with Gasteiger partial charge in [-0.15, -0.1) is 0 Å². The van der Waals surface area contributed by atoms with E-state index in [4.69, 9.17) is 21.1 Å². The van der Waals surface area contributed by atoms with Crippen molar-refractivity contribution in [2.45, 2.75) is 13.5 Å². The molecule has 7 nitrogen and oxygen atoms in total. The summed E-state index contributed by atoms with van der Waals surface area (Å²) in [5, 5.41) is 2.46. The minimum absolute atomic E-state index is 0.210. The third-order valence-corrected chi connectivity index (χ3v) is 7.38. The van der Waals surface area contributed by atoms with Crippen LogP contribution < -0.4 is 14.8 Å². The van der Waals surface area contributed by atoms with Crippen molar-refractivity contribution < 1.29 is 23.9 Å². The van der Waals surface area contributed by atoms with Crippen LogP contribution in [0, 0.1) is 10.5 Å². The third kappa shape index (κ3) is 6.65. The van der Waals surface area contributed by atoms with Crippen LogP contribution in [0.4, 0.5) is 10.5 Å². The number of rotatable bonds is 8. The van der Waals surface area contributed by atoms with Crippen LogP contribution in [0.5, 0.6) is 11.5 Å². The lowest BCUT2D eigenvalue weighted by molar-refractivity contribution is -0.127. The molecule has 1 aliphatic heterocycles. The number of benzene rings is 3. The van der Waals surface area contributed by atoms with Crippen molar-refractivity contribution in [2.24, 2.45) is 0 Å². The number of hydrogen-bond acceptors (Lipinski definition) is 6. The monoisotopic (exact) mass is 648 g/mol. The first-order chi connectivity index (χ1) is 17.7. The molecule has 0 atom stereocenters. The second kappa shape index (κ2) is 12.0. The molecule has 37 heavy (non-hydrogen) atoms. The van der Waals surface area contributed by atoms with Crippen LogP contribution in [-0.4, -0.2) is 35.6 Å². The zero-order valence-electron chi connectivity index (χ0n) is 19.9. The lowest BCUT2D eigenvalue weighted by atomic mass is 10.1. The van der Waals surface area contributed by atoms with Gasteiger partial charge >= 0.3 is 0 Å². The number of para-hydroxylation sites is 1. The first-order valence-corrected chi connectivity index (χ1v) is 13.4. The summed E-state index contributed by atoms with van der Waals surface area (Å²) in [5.74, 6) is 0.0243. The lowest BCUT2D eigenvalue weighted by Gasteiger charge is -2.14. The molecule has 0 aliphatic carbocycles. The van der Waals surface area contributed by atoms with Crippen LogP contribution in [0.15, 0.2) is 65.6 Å². The number of thioether (sulfide) groups is 1. The van der Waals surface area contributed by atoms with E-state index in [1.54, 1.807) is 43.5 Å². The Labute approximate surface area is 237 Å². The summed E-state index contributed by atoms with van der Waals surface area (Å²) < 4.78 is 12.4. The van der Waals surface area contributed by atoms with Gasteiger partial charge in [0, 0.05) is 0 Å². The molecule has 3 aromatic rings. The van der Waals surface area contributed by atoms with Crippen molar-refractivity contribution in [2.75, 3.05) is 19.0 Å². The van der Waals surface area contributed by atoms with Gasteiger partial charge in [-0.2, -0.15) is 0 Å². The zero-order chi connectivity index (χ0) is 26.5. The Morgan fingerprint density at radius 1 is 1.14 bits per heavy atom. The van der Waals surface area contributed by atoms with Crippen LogP contribution >= 0.6 is 46.0 Å². The van der Waals surface area contributed by atoms with Gasteiger partial charge in [0.2, 0.25) is 5.91 Å². The van der Waals surface area contributed by atoms with Crippen molar-refractivity contribution in [1.82, 2.24) is 4.90 Å². The number of halogens is 2. The molecule has 190 valence electrons. The SMILES string of the molecule is COc1cc(/C=C2/SC(=O)N(CC(=O)Nc3ccccc3Cl)C2=O)cc(I)c1OCc1cccc(C)c1. The van der Waals surface area contributed by atoms with Gasteiger partial charge in [0.25, 0.3) is 11.1 Å². The molecule has 4 rings (SSSR count). The lowest BCUT2D eigenvalue weighted by Crippen LogP contribution is -2.36. The smallest absolute Gasteiger partial charge is 0.294 e. The summed E-state index contributed by atoms with van der Waals surface area (Å²) in [7, 11) is 1.54. The first-order valence-electron chi connectivity index (χ1n) is 11.1. The summed E-state index contributed by atoms with van der Waals surface area (Å²) in [6.07, 6.45) is 1.60. The minimum Gasteiger partial charge on any atom is -0.493 e. The van der Waals surface area contributed by atoms with Crippen LogP contribution in [0.3, 0.4) is 0 Å². The number of imide groups is 1. The van der Waals surface area contributed by atoms with Crippen molar-refractivity contribution in [3.05, 3.63) is 90.9 Å². The molecule has 1 N–H and O–H groups in total. The van der Waals surface area contributed by atoms with E-state index in [9.17, 15) is 14.4 Å². The van der Waals surface area contributed by atoms with Gasteiger partial charge in [-0.25, -0.2) is 0 Å². The standard InChI is InChI=1S/C27H22ClIN2O5S/c1-16-6-5-7-17(10-16)15-36-25-20(29)11-18(12-22(25)35-2)13-23-26(33)31(27(34)37-23)14-24(32)30-21-9-4-3-8-19(21)28/h3-13H,14-15H2,1-2H3,(H,30,32)/b23-13+. The molecule has 1 aliphatic rings. The third-order valence-electron chi connectivity index (χ3n) is 5.34. The molecule has 0 aromatic heterocycles. The number of methoxy groups -OCH3 is 1. The topological polar surface area (TPSA) is 84.9 Å². The van der Waals surface area contributed by atoms with Gasteiger partial charge in [-0.05, 0) is 82.7 Å². The predicted octanol–water partition coefficient (Wildman–Crippen LogP) is 6.52. The first kappa shape index (κ1) is 27.0. The summed E-state index contributed by atoms with van der Waals surface area (Å²) in [4.78, 5) is 39.0. The summed E-state index contributed by atoms with van der Waals surface area (Å²) >= 11 is 8.99. The van der Waals surface area contributed by atoms with Gasteiger partial charge < -0.3 is 14.8 Å². The highest BCUT2D eigenvalue weighted by molar-refractivity contribution is 14.1. The Kier molecular flexibility index (Phi) is 8.78. The van der Waals surface area contributed by atoms with E-state index >= 15 is 0 Å². The fourth-order valence-electron chi connectivity index (χ4n) is 3.60. The minimum atomic E-state index is -0.543. The zero-order valence-corrected chi connectivity index (χ0v) is 23.6. The number of amides is 3. The van der Waals surface area contributed by atoms with Crippen molar-refractivity contribution in [3.8, 4) is 11.5 Å². The van der Waals surface area contributed by atoms with Crippen LogP contribution in [0.25, 0.3) is 6.08 Å². The molecular weight excluding hydrogens is 627 g/mol. The number of carbonyl (C=O) groups is 3. The molecule has 0 unspecified atom stereocenters. The fraction of sp³-hybridized carbons (Fsp3) is 0.148. The van der Waals surface area contributed by atoms with Gasteiger partial charge in [0.1, 0.15) is 13.2 Å². The number of ether oxygens (including phenoxy) is 2. The van der Waals surface area contributed by atoms with Crippen LogP contribution in [0.2, 0.25) is 5.02 Å². The van der Waals surface area contributed by atoms with Crippen molar-refractivity contribution in [3.63, 3.8) is 0 Å². The molecule has 0 saturated carbocycles. The quantitative estimate of drug-likeness (QED) is 0.221. The maximum absolute atomic E-state index is 12.9. The Bertz CT molecular complexity index is 1410. The highest BCUT2D eigenvalue weighted by Gasteiger charge is 2.36. The van der Waals surface area contributed by atoms with Crippen molar-refractivity contribution >= 4 is 74.8 Å². The number of nitrogens with zero attached hydrogens (tertiary/aromatic N) is 1. The molecule has 3 aromatic carbocycles. The summed E-state index contributed by atoms with van der Waals surface area (Å²) in [5.41, 5.74) is 3.25. The summed E-state index contributed by atoms with van der Waals surface area (Å²) in [6, 6.07) is 18.4. The molecule has 1 heterocycles. The second-order valence-electron chi connectivity index (χ2n) is 8.11. The Balaban J connectivity index is 1.48. The van der Waals surface area contributed by atoms with Crippen LogP contribution in [-0.2, 0) is 16.2 Å². The van der Waals surface area contributed by atoms with Gasteiger partial charge in [0.15, 0.2) is 11.5 Å². The predicted molar refractivity (Wildman–Crippen MR) is 154 cm³/mol. The molecule has 10 heteroatoms. The van der Waals surface area contributed by atoms with E-state index in [2.05, 4.69) is 34.0 Å². The Hall–Kier alpha value is -3.02. The average molecular weight is 649 g/mol. The van der Waals surface area contributed by atoms with Gasteiger partial charge in [-0.3, -0.25) is 19.3 Å². The average Bonchev–Trinajstić information content (AvgIpc) is 3.11. The maximum atomic E-state index is 12.9. The Morgan fingerprint density at radius 3 is 2.65 bits per heavy atom. The molecule has 1 fully saturated rings. The Morgan fingerprint density at radius 2 is 1.92 bits per heavy atom. The van der Waals surface area contributed by atoms with E-state index in [0.717, 1.165) is 31.4 Å². The number of aryl methyl sites for hydroxylation is 1. The molecular formula is C27H22ClIN2O5S. The largest absolute Gasteiger partial charge is 0.493 e. The van der Waals surface area contributed by atoms with Gasteiger partial charge in [-0.1, -0.05) is 53.6 Å². The van der Waals surface area contributed by atoms with E-state index < -0.39 is 23.6 Å². The number of anilines is 1. The van der Waals surface area contributed by atoms with Gasteiger partial charge in [0.05, 0.1) is 26.3 Å². The van der Waals surface area contributed by atoms with Crippen molar-refractivity contribution in [1.29, 1.82) is 0 Å². The molecule has 1 saturated heterocycles. The van der Waals surface area contributed by atoms with E-state index in [1.807, 2.05) is 31.2 Å². The highest BCUT2D eigenvalue weighted by atomic mass is 127. The highest BCUT2D eigenvalue weighted by Crippen LogP contribution is 2.37. The summed E-state index contributed by atoms with van der Waals surface area (Å²) in [6.45, 7) is 1.98. The van der Waals surface area contributed by atoms with E-state index in [-0.39, 0.29) is 4.91 Å². The molecule has 3 amide bonds. The van der Waals surface area contributed by atoms with Crippen LogP contribution in [0.1, 0.15) is 16.7 Å². The fourth-order valence-corrected chi connectivity index (χ4v) is 5.41. The second-order valence-corrected chi connectivity index (χ2v) is 10.7. The van der Waals surface area contributed by atoms with E-state index in [1.165, 1.54) is 0 Å². The number of carbonyl (C=O) groups excluding carboxylic acids is 3. The molecule has 0 bridgehead atoms. The maximum Gasteiger partial charge on any atom is 0.294 e.